The van der Waals surface area contributed by atoms with Crippen LogP contribution >= 0.6 is 11.8 Å². The van der Waals surface area contributed by atoms with Gasteiger partial charge in [0, 0.05) is 24.4 Å². The molecule has 6 nitrogen and oxygen atoms in total. The number of carbonyl (C=O) groups excluding carboxylic acids is 2. The summed E-state index contributed by atoms with van der Waals surface area (Å²) >= 11 is 1.28. The number of piperidine rings is 1. The highest BCUT2D eigenvalue weighted by atomic mass is 32.2. The van der Waals surface area contributed by atoms with Crippen molar-refractivity contribution in [2.45, 2.75) is 35.3 Å². The first-order chi connectivity index (χ1) is 15.6. The third-order valence-corrected chi connectivity index (χ3v) is 7.61. The zero-order chi connectivity index (χ0) is 22.6. The summed E-state index contributed by atoms with van der Waals surface area (Å²) in [6, 6.07) is 15.4. The Morgan fingerprint density at radius 1 is 1.00 bits per heavy atom. The monoisotopic (exact) mass is 454 g/mol. The second kappa shape index (κ2) is 9.96. The lowest BCUT2D eigenvalue weighted by Crippen LogP contribution is -2.57. The summed E-state index contributed by atoms with van der Waals surface area (Å²) in [6.45, 7) is 3.35. The summed E-state index contributed by atoms with van der Waals surface area (Å²) in [4.78, 5) is 32.3. The lowest BCUT2D eigenvalue weighted by Gasteiger charge is -2.41. The maximum Gasteiger partial charge on any atom is 0.332 e. The van der Waals surface area contributed by atoms with E-state index in [0.29, 0.717) is 12.3 Å². The van der Waals surface area contributed by atoms with E-state index in [0.717, 1.165) is 35.8 Å². The molecule has 2 heterocycles. The highest BCUT2D eigenvalue weighted by Gasteiger charge is 2.54. The highest BCUT2D eigenvalue weighted by Crippen LogP contribution is 2.51. The maximum absolute atomic E-state index is 14.1. The van der Waals surface area contributed by atoms with Gasteiger partial charge in [0.15, 0.2) is 0 Å². The van der Waals surface area contributed by atoms with Gasteiger partial charge in [-0.1, -0.05) is 54.6 Å². The molecular formula is C25H30N2O4S. The van der Waals surface area contributed by atoms with Gasteiger partial charge in [-0.2, -0.15) is 0 Å². The number of likely N-dealkylation sites (tertiary alicyclic amines) is 1. The number of methoxy groups -OCH3 is 2. The Morgan fingerprint density at radius 3 is 2.44 bits per heavy atom. The molecule has 1 atom stereocenters. The SMILES string of the molecule is COC(=O)C1(Cc2ccccc2)Sc2cccc(OC)c2N(CCN2CCCCC2)C1=O. The van der Waals surface area contributed by atoms with E-state index in [-0.39, 0.29) is 12.3 Å². The Bertz CT molecular complexity index is 962. The minimum Gasteiger partial charge on any atom is -0.495 e. The van der Waals surface area contributed by atoms with Crippen LogP contribution < -0.4 is 9.64 Å². The van der Waals surface area contributed by atoms with Crippen LogP contribution in [0.15, 0.2) is 53.4 Å². The standard InChI is InChI=1S/C25H30N2O4S/c1-30-20-12-9-13-21-22(20)27(17-16-26-14-7-4-8-15-26)23(28)25(32-21,24(29)31-2)18-19-10-5-3-6-11-19/h3,5-6,9-13H,4,7-8,14-18H2,1-2H3. The third kappa shape index (κ3) is 4.36. The van der Waals surface area contributed by atoms with Crippen LogP contribution in [0.2, 0.25) is 0 Å². The van der Waals surface area contributed by atoms with Crippen molar-refractivity contribution in [3.8, 4) is 5.75 Å². The largest absolute Gasteiger partial charge is 0.495 e. The number of ether oxygens (including phenoxy) is 2. The zero-order valence-electron chi connectivity index (χ0n) is 18.7. The number of rotatable bonds is 7. The van der Waals surface area contributed by atoms with Gasteiger partial charge in [-0.05, 0) is 43.6 Å². The van der Waals surface area contributed by atoms with Gasteiger partial charge in [0.05, 0.1) is 19.9 Å². The van der Waals surface area contributed by atoms with Gasteiger partial charge >= 0.3 is 5.97 Å². The number of thioether (sulfide) groups is 1. The van der Waals surface area contributed by atoms with Crippen molar-refractivity contribution in [2.24, 2.45) is 0 Å². The average molecular weight is 455 g/mol. The molecule has 2 aliphatic rings. The molecule has 0 spiro atoms. The van der Waals surface area contributed by atoms with Crippen molar-refractivity contribution in [3.05, 3.63) is 54.1 Å². The van der Waals surface area contributed by atoms with Gasteiger partial charge < -0.3 is 19.3 Å². The minimum atomic E-state index is -1.38. The van der Waals surface area contributed by atoms with E-state index in [1.54, 1.807) is 12.0 Å². The van der Waals surface area contributed by atoms with Gasteiger partial charge in [0.25, 0.3) is 5.91 Å². The van der Waals surface area contributed by atoms with E-state index in [4.69, 9.17) is 9.47 Å². The van der Waals surface area contributed by atoms with Crippen molar-refractivity contribution >= 4 is 29.3 Å². The third-order valence-electron chi connectivity index (χ3n) is 6.23. The Kier molecular flexibility index (Phi) is 7.06. The molecule has 0 aromatic heterocycles. The lowest BCUT2D eigenvalue weighted by molar-refractivity contribution is -0.147. The van der Waals surface area contributed by atoms with Gasteiger partial charge in [0.1, 0.15) is 5.75 Å². The topological polar surface area (TPSA) is 59.1 Å². The molecule has 0 radical (unpaired) electrons. The maximum atomic E-state index is 14.1. The molecule has 0 bridgehead atoms. The fourth-order valence-corrected chi connectivity index (χ4v) is 6.00. The first kappa shape index (κ1) is 22.7. The molecule has 0 saturated carbocycles. The summed E-state index contributed by atoms with van der Waals surface area (Å²) in [5, 5.41) is 0. The number of amides is 1. The molecule has 0 aliphatic carbocycles. The van der Waals surface area contributed by atoms with Crippen molar-refractivity contribution in [1.29, 1.82) is 0 Å². The summed E-state index contributed by atoms with van der Waals surface area (Å²) in [6.07, 6.45) is 3.89. The molecule has 2 aliphatic heterocycles. The fourth-order valence-electron chi connectivity index (χ4n) is 4.57. The quantitative estimate of drug-likeness (QED) is 0.469. The average Bonchev–Trinajstić information content (AvgIpc) is 2.84. The smallest absolute Gasteiger partial charge is 0.332 e. The molecule has 170 valence electrons. The number of hydrogen-bond donors (Lipinski definition) is 0. The van der Waals surface area contributed by atoms with E-state index in [2.05, 4.69) is 4.90 Å². The number of nitrogens with zero attached hydrogens (tertiary/aromatic N) is 2. The van der Waals surface area contributed by atoms with Crippen LogP contribution in [0.3, 0.4) is 0 Å². The Hall–Kier alpha value is -2.51. The van der Waals surface area contributed by atoms with Crippen molar-refractivity contribution in [2.75, 3.05) is 45.3 Å². The number of para-hydroxylation sites is 1. The number of benzene rings is 2. The van der Waals surface area contributed by atoms with Gasteiger partial charge in [-0.3, -0.25) is 4.79 Å². The van der Waals surface area contributed by atoms with Gasteiger partial charge in [0.2, 0.25) is 4.75 Å². The van der Waals surface area contributed by atoms with E-state index < -0.39 is 10.7 Å². The van der Waals surface area contributed by atoms with Gasteiger partial charge in [-0.25, -0.2) is 4.79 Å². The molecule has 1 fully saturated rings. The number of esters is 1. The number of carbonyl (C=O) groups is 2. The van der Waals surface area contributed by atoms with E-state index in [1.807, 2.05) is 48.5 Å². The van der Waals surface area contributed by atoms with Crippen LogP contribution in [0.1, 0.15) is 24.8 Å². The summed E-state index contributed by atoms with van der Waals surface area (Å²) < 4.78 is 9.44. The predicted molar refractivity (Wildman–Crippen MR) is 126 cm³/mol. The summed E-state index contributed by atoms with van der Waals surface area (Å²) in [7, 11) is 2.96. The molecule has 4 rings (SSSR count). The van der Waals surface area contributed by atoms with Crippen LogP contribution in [-0.4, -0.2) is 61.9 Å². The van der Waals surface area contributed by atoms with Gasteiger partial charge in [-0.15, -0.1) is 0 Å². The minimum absolute atomic E-state index is 0.243. The first-order valence-electron chi connectivity index (χ1n) is 11.1. The second-order valence-electron chi connectivity index (χ2n) is 8.25. The van der Waals surface area contributed by atoms with E-state index >= 15 is 0 Å². The van der Waals surface area contributed by atoms with E-state index in [1.165, 1.54) is 38.1 Å². The van der Waals surface area contributed by atoms with Crippen LogP contribution in [0.5, 0.6) is 5.75 Å². The second-order valence-corrected chi connectivity index (χ2v) is 9.59. The van der Waals surface area contributed by atoms with Crippen LogP contribution in [0, 0.1) is 0 Å². The molecular weight excluding hydrogens is 424 g/mol. The van der Waals surface area contributed by atoms with E-state index in [9.17, 15) is 9.59 Å². The van der Waals surface area contributed by atoms with Crippen molar-refractivity contribution in [1.82, 2.24) is 4.90 Å². The first-order valence-corrected chi connectivity index (χ1v) is 11.9. The zero-order valence-corrected chi connectivity index (χ0v) is 19.5. The Balaban J connectivity index is 1.74. The van der Waals surface area contributed by atoms with Crippen molar-refractivity contribution in [3.63, 3.8) is 0 Å². The molecule has 7 heteroatoms. The molecule has 0 N–H and O–H groups in total. The number of anilines is 1. The lowest BCUT2D eigenvalue weighted by atomic mass is 9.95. The molecule has 32 heavy (non-hydrogen) atoms. The molecule has 1 saturated heterocycles. The van der Waals surface area contributed by atoms with Crippen molar-refractivity contribution < 1.29 is 19.1 Å². The highest BCUT2D eigenvalue weighted by molar-refractivity contribution is 8.02. The van der Waals surface area contributed by atoms with Crippen LogP contribution in [-0.2, 0) is 20.7 Å². The fraction of sp³-hybridized carbons (Fsp3) is 0.440. The summed E-state index contributed by atoms with van der Waals surface area (Å²) in [5.74, 6) is -0.125. The number of fused-ring (bicyclic) bond motifs is 1. The summed E-state index contributed by atoms with van der Waals surface area (Å²) in [5.41, 5.74) is 1.66. The number of hydrogen-bond acceptors (Lipinski definition) is 6. The molecule has 2 aromatic carbocycles. The molecule has 1 amide bonds. The van der Waals surface area contributed by atoms with Crippen LogP contribution in [0.4, 0.5) is 5.69 Å². The Labute approximate surface area is 193 Å². The Morgan fingerprint density at radius 2 is 1.75 bits per heavy atom. The molecule has 2 aromatic rings. The normalized spacial score (nSPS) is 21.2. The van der Waals surface area contributed by atoms with Crippen LogP contribution in [0.25, 0.3) is 0 Å². The predicted octanol–water partition coefficient (Wildman–Crippen LogP) is 3.77. The molecule has 1 unspecified atom stereocenters.